The third kappa shape index (κ3) is 5.11. The molecule has 0 aliphatic rings. The van der Waals surface area contributed by atoms with Gasteiger partial charge in [0.2, 0.25) is 0 Å². The number of aromatic nitrogens is 2. The van der Waals surface area contributed by atoms with Gasteiger partial charge in [-0.2, -0.15) is 0 Å². The number of anilines is 2. The Balaban J connectivity index is 1.61. The first-order valence-corrected chi connectivity index (χ1v) is 9.24. The number of nitrogens with one attached hydrogen (secondary N) is 3. The number of amides is 3. The van der Waals surface area contributed by atoms with E-state index in [0.717, 1.165) is 11.3 Å². The molecule has 3 amide bonds. The molecule has 2 heterocycles. The fourth-order valence-corrected chi connectivity index (χ4v) is 3.00. The summed E-state index contributed by atoms with van der Waals surface area (Å²) in [6.07, 6.45) is 3.42. The van der Waals surface area contributed by atoms with Crippen LogP contribution in [0.15, 0.2) is 54.2 Å². The van der Waals surface area contributed by atoms with Crippen molar-refractivity contribution in [1.82, 2.24) is 15.3 Å². The van der Waals surface area contributed by atoms with E-state index in [1.165, 1.54) is 11.3 Å². The largest absolute Gasteiger partial charge is 0.336 e. The second-order valence-electron chi connectivity index (χ2n) is 6.06. The molecule has 1 aromatic carbocycles. The molecule has 0 aliphatic carbocycles. The Bertz CT molecular complexity index is 923. The summed E-state index contributed by atoms with van der Waals surface area (Å²) >= 11 is 1.35. The molecule has 0 saturated heterocycles. The number of thiazole rings is 1. The summed E-state index contributed by atoms with van der Waals surface area (Å²) in [5.74, 6) is -0.264. The van der Waals surface area contributed by atoms with Crippen molar-refractivity contribution in [2.75, 3.05) is 10.6 Å². The maximum Gasteiger partial charge on any atom is 0.319 e. The van der Waals surface area contributed by atoms with Crippen molar-refractivity contribution in [2.24, 2.45) is 0 Å². The number of hydrogen-bond acceptors (Lipinski definition) is 5. The number of benzene rings is 1. The molecular weight excluding hydrogens is 362 g/mol. The summed E-state index contributed by atoms with van der Waals surface area (Å²) in [4.78, 5) is 32.5. The molecule has 138 valence electrons. The average Bonchev–Trinajstić information content (AvgIpc) is 3.11. The van der Waals surface area contributed by atoms with E-state index in [0.29, 0.717) is 16.4 Å². The Labute approximate surface area is 160 Å². The molecule has 0 spiro atoms. The molecule has 0 radical (unpaired) electrons. The molecule has 3 aromatic rings. The minimum atomic E-state index is -0.284. The highest BCUT2D eigenvalue weighted by atomic mass is 32.1. The lowest BCUT2D eigenvalue weighted by Crippen LogP contribution is -2.34. The maximum atomic E-state index is 12.4. The smallest absolute Gasteiger partial charge is 0.319 e. The zero-order valence-corrected chi connectivity index (χ0v) is 15.7. The van der Waals surface area contributed by atoms with E-state index >= 15 is 0 Å². The standard InChI is InChI=1S/C19H19N5O2S/c1-12(2)21-18(26)22-15-7-5-13(6-8-15)17(25)24-19-23-16(11-27-19)14-4-3-9-20-10-14/h3-12H,1-2H3,(H2,21,22,26)(H,23,24,25). The lowest BCUT2D eigenvalue weighted by atomic mass is 10.2. The van der Waals surface area contributed by atoms with E-state index in [1.807, 2.05) is 31.4 Å². The number of pyridine rings is 1. The second kappa shape index (κ2) is 8.41. The molecule has 0 unspecified atom stereocenters. The Kier molecular flexibility index (Phi) is 5.77. The summed E-state index contributed by atoms with van der Waals surface area (Å²) in [6, 6.07) is 10.2. The number of urea groups is 1. The lowest BCUT2D eigenvalue weighted by molar-refractivity contribution is 0.102. The van der Waals surface area contributed by atoms with E-state index in [1.54, 1.807) is 36.7 Å². The summed E-state index contributed by atoms with van der Waals surface area (Å²) in [5.41, 5.74) is 2.74. The molecule has 0 aliphatic heterocycles. The summed E-state index contributed by atoms with van der Waals surface area (Å²) in [6.45, 7) is 3.76. The van der Waals surface area contributed by atoms with Crippen LogP contribution in [0.5, 0.6) is 0 Å². The fraction of sp³-hybridized carbons (Fsp3) is 0.158. The third-order valence-electron chi connectivity index (χ3n) is 3.51. The van der Waals surface area contributed by atoms with E-state index in [2.05, 4.69) is 25.9 Å². The zero-order chi connectivity index (χ0) is 19.2. The number of hydrogen-bond donors (Lipinski definition) is 3. The van der Waals surface area contributed by atoms with Crippen LogP contribution in [0.2, 0.25) is 0 Å². The normalized spacial score (nSPS) is 10.5. The van der Waals surface area contributed by atoms with Gasteiger partial charge in [-0.3, -0.25) is 15.1 Å². The van der Waals surface area contributed by atoms with Gasteiger partial charge in [-0.05, 0) is 50.2 Å². The van der Waals surface area contributed by atoms with Crippen molar-refractivity contribution in [2.45, 2.75) is 19.9 Å². The molecule has 0 saturated carbocycles. The van der Waals surface area contributed by atoms with Gasteiger partial charge in [-0.15, -0.1) is 11.3 Å². The lowest BCUT2D eigenvalue weighted by Gasteiger charge is -2.10. The van der Waals surface area contributed by atoms with Crippen LogP contribution >= 0.6 is 11.3 Å². The Morgan fingerprint density at radius 3 is 2.52 bits per heavy atom. The van der Waals surface area contributed by atoms with Gasteiger partial charge in [0.05, 0.1) is 5.69 Å². The fourth-order valence-electron chi connectivity index (χ4n) is 2.28. The molecule has 0 bridgehead atoms. The molecule has 27 heavy (non-hydrogen) atoms. The molecule has 3 rings (SSSR count). The van der Waals surface area contributed by atoms with Crippen LogP contribution < -0.4 is 16.0 Å². The number of carbonyl (C=O) groups excluding carboxylic acids is 2. The minimum Gasteiger partial charge on any atom is -0.336 e. The first-order valence-electron chi connectivity index (χ1n) is 8.36. The number of rotatable bonds is 5. The summed E-state index contributed by atoms with van der Waals surface area (Å²) in [7, 11) is 0. The maximum absolute atomic E-state index is 12.4. The van der Waals surface area contributed by atoms with Gasteiger partial charge in [-0.1, -0.05) is 0 Å². The third-order valence-corrected chi connectivity index (χ3v) is 4.26. The van der Waals surface area contributed by atoms with Crippen LogP contribution in [-0.2, 0) is 0 Å². The first-order chi connectivity index (χ1) is 13.0. The van der Waals surface area contributed by atoms with Crippen LogP contribution in [0, 0.1) is 0 Å². The zero-order valence-electron chi connectivity index (χ0n) is 14.9. The monoisotopic (exact) mass is 381 g/mol. The van der Waals surface area contributed by atoms with Gasteiger partial charge in [0.25, 0.3) is 5.91 Å². The van der Waals surface area contributed by atoms with E-state index < -0.39 is 0 Å². The van der Waals surface area contributed by atoms with Crippen molar-refractivity contribution < 1.29 is 9.59 Å². The quantitative estimate of drug-likeness (QED) is 0.623. The SMILES string of the molecule is CC(C)NC(=O)Nc1ccc(C(=O)Nc2nc(-c3cccnc3)cs2)cc1. The van der Waals surface area contributed by atoms with Crippen LogP contribution in [-0.4, -0.2) is 27.9 Å². The average molecular weight is 381 g/mol. The van der Waals surface area contributed by atoms with Gasteiger partial charge in [0.1, 0.15) is 0 Å². The van der Waals surface area contributed by atoms with Crippen molar-refractivity contribution in [1.29, 1.82) is 0 Å². The Morgan fingerprint density at radius 1 is 1.07 bits per heavy atom. The van der Waals surface area contributed by atoms with Crippen molar-refractivity contribution >= 4 is 34.1 Å². The van der Waals surface area contributed by atoms with E-state index in [9.17, 15) is 9.59 Å². The molecule has 7 nitrogen and oxygen atoms in total. The number of nitrogens with zero attached hydrogens (tertiary/aromatic N) is 2. The molecule has 8 heteroatoms. The van der Waals surface area contributed by atoms with E-state index in [4.69, 9.17) is 0 Å². The Hall–Kier alpha value is -3.26. The van der Waals surface area contributed by atoms with Crippen LogP contribution in [0.25, 0.3) is 11.3 Å². The van der Waals surface area contributed by atoms with Crippen molar-refractivity contribution in [3.05, 3.63) is 59.7 Å². The summed E-state index contributed by atoms with van der Waals surface area (Å²) in [5, 5.41) is 10.6. The van der Waals surface area contributed by atoms with Crippen molar-refractivity contribution in [3.8, 4) is 11.3 Å². The topological polar surface area (TPSA) is 96.0 Å². The number of carbonyl (C=O) groups is 2. The van der Waals surface area contributed by atoms with Crippen LogP contribution in [0.4, 0.5) is 15.6 Å². The minimum absolute atomic E-state index is 0.0462. The van der Waals surface area contributed by atoms with Crippen LogP contribution in [0.1, 0.15) is 24.2 Å². The predicted molar refractivity (Wildman–Crippen MR) is 107 cm³/mol. The first kappa shape index (κ1) is 18.5. The summed E-state index contributed by atoms with van der Waals surface area (Å²) < 4.78 is 0. The van der Waals surface area contributed by atoms with Gasteiger partial charge >= 0.3 is 6.03 Å². The predicted octanol–water partition coefficient (Wildman–Crippen LogP) is 3.99. The highest BCUT2D eigenvalue weighted by Gasteiger charge is 2.11. The highest BCUT2D eigenvalue weighted by Crippen LogP contribution is 2.24. The van der Waals surface area contributed by atoms with Gasteiger partial charge in [-0.25, -0.2) is 9.78 Å². The van der Waals surface area contributed by atoms with Crippen LogP contribution in [0.3, 0.4) is 0 Å². The van der Waals surface area contributed by atoms with Gasteiger partial charge in [0.15, 0.2) is 5.13 Å². The molecular formula is C19H19N5O2S. The molecule has 0 atom stereocenters. The van der Waals surface area contributed by atoms with Gasteiger partial charge < -0.3 is 10.6 Å². The molecule has 2 aromatic heterocycles. The van der Waals surface area contributed by atoms with E-state index in [-0.39, 0.29) is 18.0 Å². The second-order valence-corrected chi connectivity index (χ2v) is 6.92. The Morgan fingerprint density at radius 2 is 1.85 bits per heavy atom. The molecule has 3 N–H and O–H groups in total. The molecule has 0 fully saturated rings. The van der Waals surface area contributed by atoms with Gasteiger partial charge in [0, 0.05) is 40.6 Å². The highest BCUT2D eigenvalue weighted by molar-refractivity contribution is 7.14. The van der Waals surface area contributed by atoms with Crippen molar-refractivity contribution in [3.63, 3.8) is 0 Å².